The molecule has 0 aliphatic heterocycles. The number of aliphatic hydroxyl groups is 1. The largest absolute Gasteiger partial charge is 0.504 e. The van der Waals surface area contributed by atoms with E-state index in [1.165, 1.54) is 18.2 Å². The van der Waals surface area contributed by atoms with Gasteiger partial charge in [0.1, 0.15) is 0 Å². The Morgan fingerprint density at radius 2 is 2.19 bits per heavy atom. The van der Waals surface area contributed by atoms with Crippen molar-refractivity contribution in [3.05, 3.63) is 23.8 Å². The van der Waals surface area contributed by atoms with Crippen molar-refractivity contribution in [1.82, 2.24) is 0 Å². The third-order valence-electron chi connectivity index (χ3n) is 2.04. The summed E-state index contributed by atoms with van der Waals surface area (Å²) >= 11 is 0. The lowest BCUT2D eigenvalue weighted by Crippen LogP contribution is -2.05. The molecule has 0 fully saturated rings. The van der Waals surface area contributed by atoms with Gasteiger partial charge in [0.15, 0.2) is 11.5 Å². The van der Waals surface area contributed by atoms with E-state index in [-0.39, 0.29) is 17.9 Å². The number of carboxylic acid groups (broad SMARTS) is 1. The molecular formula is C11H14O5. The Morgan fingerprint density at radius 3 is 2.75 bits per heavy atom. The minimum Gasteiger partial charge on any atom is -0.504 e. The first-order valence-electron chi connectivity index (χ1n) is 4.90. The van der Waals surface area contributed by atoms with Gasteiger partial charge in [0.25, 0.3) is 0 Å². The molecule has 5 nitrogen and oxygen atoms in total. The number of aromatic hydroxyl groups is 1. The topological polar surface area (TPSA) is 87.0 Å². The molecule has 3 N–H and O–H groups in total. The van der Waals surface area contributed by atoms with Gasteiger partial charge in [0.05, 0.1) is 19.1 Å². The van der Waals surface area contributed by atoms with E-state index >= 15 is 0 Å². The van der Waals surface area contributed by atoms with Crippen LogP contribution in [0.5, 0.6) is 11.5 Å². The Labute approximate surface area is 92.9 Å². The lowest BCUT2D eigenvalue weighted by molar-refractivity contribution is -0.139. The second kappa shape index (κ2) is 5.37. The standard InChI is InChI=1S/C11H14O5/c1-2-16-10-5-7(3-4-8(10)12)9(13)6-11(14)15/h3-5,9,12-13H,2,6H2,1H3,(H,14,15)/t9-/m1/s1. The van der Waals surface area contributed by atoms with Crippen LogP contribution in [0.3, 0.4) is 0 Å². The number of phenols is 1. The molecule has 0 aliphatic carbocycles. The molecule has 0 aliphatic rings. The molecule has 1 aromatic rings. The van der Waals surface area contributed by atoms with Gasteiger partial charge in [-0.15, -0.1) is 0 Å². The fourth-order valence-electron chi connectivity index (χ4n) is 1.29. The highest BCUT2D eigenvalue weighted by Gasteiger charge is 2.14. The summed E-state index contributed by atoms with van der Waals surface area (Å²) in [7, 11) is 0. The van der Waals surface area contributed by atoms with Crippen molar-refractivity contribution in [2.75, 3.05) is 6.61 Å². The van der Waals surface area contributed by atoms with E-state index in [9.17, 15) is 15.0 Å². The van der Waals surface area contributed by atoms with Crippen LogP contribution in [0, 0.1) is 0 Å². The molecule has 0 saturated carbocycles. The van der Waals surface area contributed by atoms with Crippen molar-refractivity contribution in [1.29, 1.82) is 0 Å². The van der Waals surface area contributed by atoms with Gasteiger partial charge in [0, 0.05) is 0 Å². The van der Waals surface area contributed by atoms with Crippen LogP contribution in [0.4, 0.5) is 0 Å². The maximum atomic E-state index is 10.4. The quantitative estimate of drug-likeness (QED) is 0.704. The number of carboxylic acids is 1. The van der Waals surface area contributed by atoms with Crippen LogP contribution < -0.4 is 4.74 Å². The number of benzene rings is 1. The van der Waals surface area contributed by atoms with Crippen LogP contribution in [0.25, 0.3) is 0 Å². The van der Waals surface area contributed by atoms with E-state index in [1.54, 1.807) is 6.92 Å². The third kappa shape index (κ3) is 3.13. The monoisotopic (exact) mass is 226 g/mol. The highest BCUT2D eigenvalue weighted by Crippen LogP contribution is 2.30. The zero-order valence-corrected chi connectivity index (χ0v) is 8.88. The average Bonchev–Trinajstić information content (AvgIpc) is 2.20. The Hall–Kier alpha value is -1.75. The molecular weight excluding hydrogens is 212 g/mol. The van der Waals surface area contributed by atoms with E-state index in [2.05, 4.69) is 0 Å². The van der Waals surface area contributed by atoms with Gasteiger partial charge >= 0.3 is 5.97 Å². The second-order valence-corrected chi connectivity index (χ2v) is 3.27. The van der Waals surface area contributed by atoms with Crippen molar-refractivity contribution < 1.29 is 24.9 Å². The first-order chi connectivity index (χ1) is 7.54. The van der Waals surface area contributed by atoms with E-state index in [4.69, 9.17) is 9.84 Å². The third-order valence-corrected chi connectivity index (χ3v) is 2.04. The number of ether oxygens (including phenoxy) is 1. The fraction of sp³-hybridized carbons (Fsp3) is 0.364. The summed E-state index contributed by atoms with van der Waals surface area (Å²) in [6.07, 6.45) is -1.48. The molecule has 1 atom stereocenters. The van der Waals surface area contributed by atoms with Gasteiger partial charge in [-0.2, -0.15) is 0 Å². The van der Waals surface area contributed by atoms with E-state index in [0.717, 1.165) is 0 Å². The van der Waals surface area contributed by atoms with E-state index < -0.39 is 12.1 Å². The van der Waals surface area contributed by atoms with E-state index in [0.29, 0.717) is 12.2 Å². The van der Waals surface area contributed by atoms with Crippen LogP contribution >= 0.6 is 0 Å². The smallest absolute Gasteiger partial charge is 0.306 e. The molecule has 5 heteroatoms. The number of rotatable bonds is 5. The Kier molecular flexibility index (Phi) is 4.13. The normalized spacial score (nSPS) is 12.1. The summed E-state index contributed by atoms with van der Waals surface area (Å²) in [4.78, 5) is 10.4. The number of aliphatic hydroxyl groups excluding tert-OH is 1. The maximum absolute atomic E-state index is 10.4. The van der Waals surface area contributed by atoms with Crippen LogP contribution in [0.2, 0.25) is 0 Å². The first-order valence-corrected chi connectivity index (χ1v) is 4.90. The molecule has 0 saturated heterocycles. The molecule has 0 unspecified atom stereocenters. The number of carbonyl (C=O) groups is 1. The van der Waals surface area contributed by atoms with Crippen LogP contribution in [0.1, 0.15) is 25.0 Å². The van der Waals surface area contributed by atoms with Gasteiger partial charge in [-0.1, -0.05) is 6.07 Å². The fourth-order valence-corrected chi connectivity index (χ4v) is 1.29. The van der Waals surface area contributed by atoms with Crippen molar-refractivity contribution in [2.24, 2.45) is 0 Å². The molecule has 0 heterocycles. The molecule has 16 heavy (non-hydrogen) atoms. The predicted molar refractivity (Wildman–Crippen MR) is 56.5 cm³/mol. The molecule has 1 rings (SSSR count). The summed E-state index contributed by atoms with van der Waals surface area (Å²) in [6.45, 7) is 2.14. The summed E-state index contributed by atoms with van der Waals surface area (Å²) in [6, 6.07) is 4.27. The zero-order chi connectivity index (χ0) is 12.1. The highest BCUT2D eigenvalue weighted by molar-refractivity contribution is 5.67. The number of phenolic OH excluding ortho intramolecular Hbond substituents is 1. The number of hydrogen-bond acceptors (Lipinski definition) is 4. The average molecular weight is 226 g/mol. The van der Waals surface area contributed by atoms with Gasteiger partial charge < -0.3 is 20.1 Å². The molecule has 1 aromatic carbocycles. The van der Waals surface area contributed by atoms with Crippen molar-refractivity contribution in [3.8, 4) is 11.5 Å². The molecule has 0 bridgehead atoms. The molecule has 88 valence electrons. The van der Waals surface area contributed by atoms with Crippen molar-refractivity contribution >= 4 is 5.97 Å². The lowest BCUT2D eigenvalue weighted by atomic mass is 10.1. The second-order valence-electron chi connectivity index (χ2n) is 3.27. The molecule has 0 spiro atoms. The van der Waals surface area contributed by atoms with Crippen molar-refractivity contribution in [3.63, 3.8) is 0 Å². The van der Waals surface area contributed by atoms with Gasteiger partial charge in [0.2, 0.25) is 0 Å². The number of aliphatic carboxylic acids is 1. The van der Waals surface area contributed by atoms with E-state index in [1.807, 2.05) is 0 Å². The minimum absolute atomic E-state index is 0.0341. The minimum atomic E-state index is -1.10. The Morgan fingerprint density at radius 1 is 1.50 bits per heavy atom. The van der Waals surface area contributed by atoms with Gasteiger partial charge in [-0.05, 0) is 24.6 Å². The Bertz CT molecular complexity index is 375. The number of hydrogen-bond donors (Lipinski definition) is 3. The zero-order valence-electron chi connectivity index (χ0n) is 8.88. The van der Waals surface area contributed by atoms with Gasteiger partial charge in [-0.3, -0.25) is 4.79 Å². The molecule has 0 amide bonds. The van der Waals surface area contributed by atoms with Crippen LogP contribution in [-0.2, 0) is 4.79 Å². The Balaban J connectivity index is 2.88. The SMILES string of the molecule is CCOc1cc([C@H](O)CC(=O)O)ccc1O. The van der Waals surface area contributed by atoms with Crippen LogP contribution in [-0.4, -0.2) is 27.9 Å². The summed E-state index contributed by atoms with van der Waals surface area (Å²) < 4.78 is 5.12. The predicted octanol–water partition coefficient (Wildman–Crippen LogP) is 1.30. The summed E-state index contributed by atoms with van der Waals surface area (Å²) in [5.41, 5.74) is 0.406. The molecule has 0 radical (unpaired) electrons. The van der Waals surface area contributed by atoms with Gasteiger partial charge in [-0.25, -0.2) is 0 Å². The summed E-state index contributed by atoms with van der Waals surface area (Å²) in [5, 5.41) is 27.5. The van der Waals surface area contributed by atoms with Crippen molar-refractivity contribution in [2.45, 2.75) is 19.4 Å². The molecule has 0 aromatic heterocycles. The lowest BCUT2D eigenvalue weighted by Gasteiger charge is -2.11. The highest BCUT2D eigenvalue weighted by atomic mass is 16.5. The first kappa shape index (κ1) is 12.3. The van der Waals surface area contributed by atoms with Crippen LogP contribution in [0.15, 0.2) is 18.2 Å². The summed E-state index contributed by atoms with van der Waals surface area (Å²) in [5.74, 6) is -0.879. The maximum Gasteiger partial charge on any atom is 0.306 e.